The standard InChI is InChI=1S/C14H10F3N3/c1-9-8-18-20-12(14(15,16)17)7-11(19-13(9)20)10-5-3-2-4-6-10/h2-8H,1H3. The summed E-state index contributed by atoms with van der Waals surface area (Å²) in [6, 6.07) is 9.80. The number of nitrogens with zero attached hydrogens (tertiary/aromatic N) is 3. The Balaban J connectivity index is 2.33. The molecule has 0 fully saturated rings. The summed E-state index contributed by atoms with van der Waals surface area (Å²) in [5.74, 6) is 0. The lowest BCUT2D eigenvalue weighted by Crippen LogP contribution is -2.13. The molecule has 0 aliphatic rings. The van der Waals surface area contributed by atoms with E-state index in [4.69, 9.17) is 0 Å². The Morgan fingerprint density at radius 1 is 1.10 bits per heavy atom. The van der Waals surface area contributed by atoms with Crippen LogP contribution in [0.5, 0.6) is 0 Å². The van der Waals surface area contributed by atoms with Gasteiger partial charge in [0.2, 0.25) is 0 Å². The van der Waals surface area contributed by atoms with Crippen molar-refractivity contribution in [3.63, 3.8) is 0 Å². The number of benzene rings is 1. The van der Waals surface area contributed by atoms with Gasteiger partial charge >= 0.3 is 6.18 Å². The van der Waals surface area contributed by atoms with Gasteiger partial charge in [0, 0.05) is 11.1 Å². The van der Waals surface area contributed by atoms with Crippen molar-refractivity contribution in [3.05, 3.63) is 53.9 Å². The first kappa shape index (κ1) is 12.7. The zero-order chi connectivity index (χ0) is 14.3. The number of hydrogen-bond acceptors (Lipinski definition) is 2. The molecule has 0 atom stereocenters. The first-order valence-electron chi connectivity index (χ1n) is 5.95. The minimum Gasteiger partial charge on any atom is -0.228 e. The Labute approximate surface area is 112 Å². The molecule has 20 heavy (non-hydrogen) atoms. The van der Waals surface area contributed by atoms with Crippen molar-refractivity contribution in [3.8, 4) is 11.3 Å². The van der Waals surface area contributed by atoms with Crippen LogP contribution in [-0.2, 0) is 6.18 Å². The zero-order valence-electron chi connectivity index (χ0n) is 10.5. The van der Waals surface area contributed by atoms with Crippen LogP contribution in [-0.4, -0.2) is 14.6 Å². The Hall–Kier alpha value is -2.37. The van der Waals surface area contributed by atoms with Crippen molar-refractivity contribution < 1.29 is 13.2 Å². The van der Waals surface area contributed by atoms with Gasteiger partial charge in [-0.25, -0.2) is 9.50 Å². The highest BCUT2D eigenvalue weighted by Crippen LogP contribution is 2.32. The summed E-state index contributed by atoms with van der Waals surface area (Å²) in [7, 11) is 0. The fourth-order valence-corrected chi connectivity index (χ4v) is 2.03. The van der Waals surface area contributed by atoms with Gasteiger partial charge in [-0.05, 0) is 13.0 Å². The molecule has 0 spiro atoms. The van der Waals surface area contributed by atoms with Gasteiger partial charge in [-0.3, -0.25) is 0 Å². The van der Waals surface area contributed by atoms with E-state index in [1.165, 1.54) is 6.20 Å². The molecular weight excluding hydrogens is 267 g/mol. The van der Waals surface area contributed by atoms with Crippen LogP contribution in [0.25, 0.3) is 16.9 Å². The Bertz CT molecular complexity index is 760. The van der Waals surface area contributed by atoms with E-state index in [-0.39, 0.29) is 11.3 Å². The van der Waals surface area contributed by atoms with E-state index in [2.05, 4.69) is 10.1 Å². The van der Waals surface area contributed by atoms with Gasteiger partial charge in [0.1, 0.15) is 0 Å². The predicted octanol–water partition coefficient (Wildman–Crippen LogP) is 3.72. The van der Waals surface area contributed by atoms with Gasteiger partial charge in [-0.1, -0.05) is 30.3 Å². The highest BCUT2D eigenvalue weighted by atomic mass is 19.4. The van der Waals surface area contributed by atoms with Gasteiger partial charge < -0.3 is 0 Å². The van der Waals surface area contributed by atoms with E-state index in [0.29, 0.717) is 11.1 Å². The molecule has 0 N–H and O–H groups in total. The highest BCUT2D eigenvalue weighted by Gasteiger charge is 2.35. The maximum absolute atomic E-state index is 13.1. The average molecular weight is 277 g/mol. The topological polar surface area (TPSA) is 30.2 Å². The van der Waals surface area contributed by atoms with Gasteiger partial charge in [-0.15, -0.1) is 0 Å². The SMILES string of the molecule is Cc1cnn2c(C(F)(F)F)cc(-c3ccccc3)nc12. The van der Waals surface area contributed by atoms with E-state index in [1.807, 2.05) is 0 Å². The predicted molar refractivity (Wildman–Crippen MR) is 68.2 cm³/mol. The molecule has 6 heteroatoms. The molecule has 0 saturated carbocycles. The number of fused-ring (bicyclic) bond motifs is 1. The van der Waals surface area contributed by atoms with Crippen molar-refractivity contribution in [1.29, 1.82) is 0 Å². The smallest absolute Gasteiger partial charge is 0.228 e. The second kappa shape index (κ2) is 4.33. The third-order valence-corrected chi connectivity index (χ3v) is 3.01. The largest absolute Gasteiger partial charge is 0.433 e. The summed E-state index contributed by atoms with van der Waals surface area (Å²) in [5, 5.41) is 3.75. The van der Waals surface area contributed by atoms with E-state index in [9.17, 15) is 13.2 Å². The lowest BCUT2D eigenvalue weighted by molar-refractivity contribution is -0.142. The molecule has 0 aliphatic heterocycles. The quantitative estimate of drug-likeness (QED) is 0.678. The van der Waals surface area contributed by atoms with E-state index in [0.717, 1.165) is 10.6 Å². The lowest BCUT2D eigenvalue weighted by Gasteiger charge is -2.11. The van der Waals surface area contributed by atoms with Crippen LogP contribution in [0.15, 0.2) is 42.6 Å². The average Bonchev–Trinajstić information content (AvgIpc) is 2.79. The fourth-order valence-electron chi connectivity index (χ4n) is 2.03. The molecule has 0 aliphatic carbocycles. The zero-order valence-corrected chi connectivity index (χ0v) is 10.5. The van der Waals surface area contributed by atoms with E-state index < -0.39 is 11.9 Å². The number of hydrogen-bond donors (Lipinski definition) is 0. The number of aromatic nitrogens is 3. The van der Waals surface area contributed by atoms with Crippen LogP contribution in [0, 0.1) is 6.92 Å². The monoisotopic (exact) mass is 277 g/mol. The summed E-state index contributed by atoms with van der Waals surface area (Å²) >= 11 is 0. The third-order valence-electron chi connectivity index (χ3n) is 3.01. The number of rotatable bonds is 1. The van der Waals surface area contributed by atoms with Gasteiger partial charge in [0.25, 0.3) is 0 Å². The van der Waals surface area contributed by atoms with Crippen LogP contribution in [0.4, 0.5) is 13.2 Å². The second-order valence-corrected chi connectivity index (χ2v) is 4.45. The maximum Gasteiger partial charge on any atom is 0.433 e. The molecule has 2 heterocycles. The minimum absolute atomic E-state index is 0.221. The molecule has 0 unspecified atom stereocenters. The molecule has 0 amide bonds. The van der Waals surface area contributed by atoms with Crippen molar-refractivity contribution >= 4 is 5.65 Å². The van der Waals surface area contributed by atoms with Gasteiger partial charge in [-0.2, -0.15) is 18.3 Å². The molecule has 0 saturated heterocycles. The molecule has 2 aromatic heterocycles. The van der Waals surface area contributed by atoms with Crippen molar-refractivity contribution in [2.45, 2.75) is 13.1 Å². The van der Waals surface area contributed by atoms with Crippen LogP contribution in [0.3, 0.4) is 0 Å². The van der Waals surface area contributed by atoms with Crippen LogP contribution in [0.2, 0.25) is 0 Å². The number of aryl methyl sites for hydroxylation is 1. The normalized spacial score (nSPS) is 12.0. The molecule has 102 valence electrons. The summed E-state index contributed by atoms with van der Waals surface area (Å²) < 4.78 is 40.2. The molecule has 1 aromatic carbocycles. The van der Waals surface area contributed by atoms with Gasteiger partial charge in [0.05, 0.1) is 11.9 Å². The Morgan fingerprint density at radius 3 is 2.45 bits per heavy atom. The maximum atomic E-state index is 13.1. The molecule has 3 rings (SSSR count). The molecular formula is C14H10F3N3. The highest BCUT2D eigenvalue weighted by molar-refractivity contribution is 5.63. The van der Waals surface area contributed by atoms with Crippen LogP contribution < -0.4 is 0 Å². The first-order valence-corrected chi connectivity index (χ1v) is 5.95. The van der Waals surface area contributed by atoms with E-state index >= 15 is 0 Å². The van der Waals surface area contributed by atoms with E-state index in [1.54, 1.807) is 37.3 Å². The molecule has 0 bridgehead atoms. The molecule has 3 aromatic rings. The minimum atomic E-state index is -4.48. The first-order chi connectivity index (χ1) is 9.47. The van der Waals surface area contributed by atoms with Crippen molar-refractivity contribution in [2.75, 3.05) is 0 Å². The third kappa shape index (κ3) is 2.03. The summed E-state index contributed by atoms with van der Waals surface area (Å²) in [4.78, 5) is 4.28. The number of alkyl halides is 3. The van der Waals surface area contributed by atoms with Crippen molar-refractivity contribution in [1.82, 2.24) is 14.6 Å². The molecule has 3 nitrogen and oxygen atoms in total. The molecule has 0 radical (unpaired) electrons. The Morgan fingerprint density at radius 2 is 1.80 bits per heavy atom. The number of halogens is 3. The van der Waals surface area contributed by atoms with Crippen molar-refractivity contribution in [2.24, 2.45) is 0 Å². The Kier molecular flexibility index (Phi) is 2.74. The summed E-state index contributed by atoms with van der Waals surface area (Å²) in [6.07, 6.45) is -3.10. The van der Waals surface area contributed by atoms with Gasteiger partial charge in [0.15, 0.2) is 11.3 Å². The fraction of sp³-hybridized carbons (Fsp3) is 0.143. The van der Waals surface area contributed by atoms with Crippen LogP contribution >= 0.6 is 0 Å². The second-order valence-electron chi connectivity index (χ2n) is 4.45. The van der Waals surface area contributed by atoms with Crippen LogP contribution in [0.1, 0.15) is 11.3 Å². The lowest BCUT2D eigenvalue weighted by atomic mass is 10.1. The summed E-state index contributed by atoms with van der Waals surface area (Å²) in [5.41, 5.74) is 0.927. The summed E-state index contributed by atoms with van der Waals surface area (Å²) in [6.45, 7) is 1.68.